The van der Waals surface area contributed by atoms with E-state index in [0.29, 0.717) is 19.5 Å². The molecule has 4 rings (SSSR count). The Hall–Kier alpha value is -1.47. The van der Waals surface area contributed by atoms with Crippen LogP contribution >= 0.6 is 0 Å². The maximum absolute atomic E-state index is 14.1. The van der Waals surface area contributed by atoms with Crippen molar-refractivity contribution >= 4 is 5.91 Å². The van der Waals surface area contributed by atoms with Crippen molar-refractivity contribution in [2.75, 3.05) is 39.3 Å². The van der Waals surface area contributed by atoms with E-state index in [-0.39, 0.29) is 25.9 Å². The molecule has 0 aromatic carbocycles. The van der Waals surface area contributed by atoms with Crippen molar-refractivity contribution < 1.29 is 77.7 Å². The summed E-state index contributed by atoms with van der Waals surface area (Å²) in [5.74, 6) is -5.59. The molecule has 19 atom stereocenters. The van der Waals surface area contributed by atoms with Crippen molar-refractivity contribution in [3.8, 4) is 0 Å². The normalized spacial score (nSPS) is 43.9. The predicted octanol–water partition coefficient (Wildman–Crippen LogP) is -8.77. The zero-order chi connectivity index (χ0) is 40.1. The highest BCUT2D eigenvalue weighted by molar-refractivity contribution is 5.82. The van der Waals surface area contributed by atoms with E-state index < -0.39 is 141 Å². The molecule has 3 aliphatic heterocycles. The second kappa shape index (κ2) is 19.8. The van der Waals surface area contributed by atoms with Gasteiger partial charge in [-0.3, -0.25) is 4.79 Å². The van der Waals surface area contributed by atoms with Crippen molar-refractivity contribution in [1.29, 1.82) is 0 Å². The van der Waals surface area contributed by atoms with Gasteiger partial charge in [0.05, 0.1) is 43.5 Å². The quantitative estimate of drug-likeness (QED) is 0.0608. The number of alkyl halides is 2. The SMILES string of the molecule is NCCCNC[C@H]1O[C@H](O[C@H]2[C@H](O[C@@H]3O[C@H](CO)[C@@H](O[C@H]4O[C@@H](CN)[C@@H](O)[C@H](O)[C@H]4N)[C@H]3O)[C@@H](O)[C@H](NC(=O)C(O)C(F)(F)CN)C[C@@H]2N)[C@H](N)C[C@@H]1O. The fourth-order valence-corrected chi connectivity index (χ4v) is 6.84. The lowest BCUT2D eigenvalue weighted by atomic mass is 9.83. The van der Waals surface area contributed by atoms with Gasteiger partial charge in [0.15, 0.2) is 25.0 Å². The summed E-state index contributed by atoms with van der Waals surface area (Å²) in [5, 5.41) is 79.6. The van der Waals surface area contributed by atoms with Crippen molar-refractivity contribution in [2.45, 2.75) is 141 Å². The number of halogens is 2. The predicted molar refractivity (Wildman–Crippen MR) is 178 cm³/mol. The summed E-state index contributed by atoms with van der Waals surface area (Å²) in [6.45, 7) is -1.19. The molecule has 0 aromatic heterocycles. The number of amides is 1. The first-order chi connectivity index (χ1) is 25.5. The molecular formula is C30H58F2N8O14. The minimum absolute atomic E-state index is 0.0274. The van der Waals surface area contributed by atoms with Gasteiger partial charge >= 0.3 is 0 Å². The van der Waals surface area contributed by atoms with Gasteiger partial charge in [-0.2, -0.15) is 0 Å². The third-order valence-corrected chi connectivity index (χ3v) is 10.1. The van der Waals surface area contributed by atoms with E-state index in [1.54, 1.807) is 0 Å². The third kappa shape index (κ3) is 10.3. The van der Waals surface area contributed by atoms with Gasteiger partial charge < -0.3 is 109 Å². The monoisotopic (exact) mass is 792 g/mol. The number of hydrogen-bond donors (Lipinski definition) is 15. The summed E-state index contributed by atoms with van der Waals surface area (Å²) in [6, 6.07) is -4.88. The van der Waals surface area contributed by atoms with Crippen molar-refractivity contribution in [3.63, 3.8) is 0 Å². The smallest absolute Gasteiger partial charge is 0.294 e. The fraction of sp³-hybridized carbons (Fsp3) is 0.967. The van der Waals surface area contributed by atoms with Crippen molar-refractivity contribution in [3.05, 3.63) is 0 Å². The van der Waals surface area contributed by atoms with Crippen LogP contribution in [-0.2, 0) is 33.2 Å². The Morgan fingerprint density at radius 3 is 2.06 bits per heavy atom. The molecule has 22 nitrogen and oxygen atoms in total. The second-order valence-electron chi connectivity index (χ2n) is 14.1. The van der Waals surface area contributed by atoms with Gasteiger partial charge in [0.25, 0.3) is 11.8 Å². The highest BCUT2D eigenvalue weighted by Gasteiger charge is 2.55. The van der Waals surface area contributed by atoms with Gasteiger partial charge in [0.2, 0.25) is 0 Å². The van der Waals surface area contributed by atoms with E-state index in [0.717, 1.165) is 0 Å². The number of hydrogen-bond acceptors (Lipinski definition) is 21. The van der Waals surface area contributed by atoms with Crippen LogP contribution in [0, 0.1) is 0 Å². The van der Waals surface area contributed by atoms with Crippen molar-refractivity contribution in [1.82, 2.24) is 10.6 Å². The number of nitrogens with one attached hydrogen (secondary N) is 2. The highest BCUT2D eigenvalue weighted by atomic mass is 19.3. The Morgan fingerprint density at radius 1 is 0.796 bits per heavy atom. The zero-order valence-corrected chi connectivity index (χ0v) is 29.5. The Bertz CT molecular complexity index is 1180. The van der Waals surface area contributed by atoms with Crippen LogP contribution < -0.4 is 45.0 Å². The molecule has 316 valence electrons. The van der Waals surface area contributed by atoms with Gasteiger partial charge in [-0.05, 0) is 32.4 Å². The van der Waals surface area contributed by atoms with E-state index in [2.05, 4.69) is 10.6 Å². The van der Waals surface area contributed by atoms with Crippen LogP contribution in [0.3, 0.4) is 0 Å². The van der Waals surface area contributed by atoms with E-state index in [1.165, 1.54) is 0 Å². The molecule has 3 heterocycles. The van der Waals surface area contributed by atoms with Gasteiger partial charge in [0.1, 0.15) is 54.9 Å². The molecule has 24 heteroatoms. The average Bonchev–Trinajstić information content (AvgIpc) is 3.44. The van der Waals surface area contributed by atoms with E-state index in [1.807, 2.05) is 0 Å². The first-order valence-electron chi connectivity index (χ1n) is 17.9. The van der Waals surface area contributed by atoms with Crippen LogP contribution in [0.2, 0.25) is 0 Å². The molecule has 21 N–H and O–H groups in total. The first kappa shape index (κ1) is 45.2. The topological polar surface area (TPSA) is 394 Å². The molecule has 1 unspecified atom stereocenters. The zero-order valence-electron chi connectivity index (χ0n) is 29.5. The summed E-state index contributed by atoms with van der Waals surface area (Å²) in [7, 11) is 0. The molecule has 4 aliphatic rings. The highest BCUT2D eigenvalue weighted by Crippen LogP contribution is 2.35. The number of carbonyl (C=O) groups excluding carboxylic acids is 1. The number of nitrogens with two attached hydrogens (primary N) is 6. The minimum atomic E-state index is -4.01. The van der Waals surface area contributed by atoms with Gasteiger partial charge in [-0.25, -0.2) is 8.78 Å². The standard InChI is InChI=1S/C30H58F2N8O14/c31-30(32,9-35)25(47)26(48)40-12-4-10(36)22(52-27-11(37)5-13(42)15(50-27)7-39-3-1-2-33)24(18(12)43)54-29-21(46)23(16(8-41)51-29)53-28-17(38)20(45)19(44)14(6-34)49-28/h10-25,27-29,39,41-47H,1-9,33-38H2,(H,40,48)/t10-,11+,12+,13-,14-,15+,16+,17+,18-,19+,20+,21+,22+,23+,24+,25?,27+,28+,29-/m0/s1. The van der Waals surface area contributed by atoms with Gasteiger partial charge in [-0.1, -0.05) is 0 Å². The number of carbonyl (C=O) groups is 1. The Labute approximate surface area is 309 Å². The molecule has 1 aliphatic carbocycles. The molecule has 3 saturated heterocycles. The largest absolute Gasteiger partial charge is 0.394 e. The Balaban J connectivity index is 1.56. The number of rotatable bonds is 17. The summed E-state index contributed by atoms with van der Waals surface area (Å²) in [5.41, 5.74) is 35.0. The molecule has 4 fully saturated rings. The molecule has 1 amide bonds. The second-order valence-corrected chi connectivity index (χ2v) is 14.1. The molecule has 0 aromatic rings. The maximum Gasteiger partial charge on any atom is 0.294 e. The summed E-state index contributed by atoms with van der Waals surface area (Å²) < 4.78 is 63.5. The molecule has 54 heavy (non-hydrogen) atoms. The van der Waals surface area contributed by atoms with Crippen LogP contribution in [0.1, 0.15) is 19.3 Å². The minimum Gasteiger partial charge on any atom is -0.394 e. The molecule has 1 saturated carbocycles. The van der Waals surface area contributed by atoms with Crippen LogP contribution in [0.4, 0.5) is 8.78 Å². The van der Waals surface area contributed by atoms with E-state index in [9.17, 15) is 49.3 Å². The van der Waals surface area contributed by atoms with E-state index in [4.69, 9.17) is 62.8 Å². The molecule has 0 radical (unpaired) electrons. The van der Waals surface area contributed by atoms with E-state index >= 15 is 0 Å². The van der Waals surface area contributed by atoms with Crippen molar-refractivity contribution in [2.24, 2.45) is 34.4 Å². The lowest BCUT2D eigenvalue weighted by molar-refractivity contribution is -0.296. The first-order valence-corrected chi connectivity index (χ1v) is 17.9. The maximum atomic E-state index is 14.1. The number of ether oxygens (including phenoxy) is 6. The molecular weight excluding hydrogens is 734 g/mol. The lowest BCUT2D eigenvalue weighted by Crippen LogP contribution is -2.68. The Morgan fingerprint density at radius 2 is 1.43 bits per heavy atom. The van der Waals surface area contributed by atoms with Gasteiger partial charge in [-0.15, -0.1) is 0 Å². The fourth-order valence-electron chi connectivity index (χ4n) is 6.84. The number of aliphatic hydroxyl groups is 7. The lowest BCUT2D eigenvalue weighted by Gasteiger charge is -2.47. The summed E-state index contributed by atoms with van der Waals surface area (Å²) in [6.07, 6.45) is -22.3. The van der Waals surface area contributed by atoms with Gasteiger partial charge in [0, 0.05) is 19.1 Å². The third-order valence-electron chi connectivity index (χ3n) is 10.1. The van der Waals surface area contributed by atoms with Crippen LogP contribution in [0.5, 0.6) is 0 Å². The Kier molecular flexibility index (Phi) is 16.6. The summed E-state index contributed by atoms with van der Waals surface area (Å²) >= 11 is 0. The summed E-state index contributed by atoms with van der Waals surface area (Å²) in [4.78, 5) is 12.7. The molecule has 0 spiro atoms. The van der Waals surface area contributed by atoms with Crippen LogP contribution in [0.15, 0.2) is 0 Å². The van der Waals surface area contributed by atoms with Crippen LogP contribution in [-0.4, -0.2) is 203 Å². The molecule has 0 bridgehead atoms. The number of aliphatic hydroxyl groups excluding tert-OH is 7. The van der Waals surface area contributed by atoms with Crippen LogP contribution in [0.25, 0.3) is 0 Å². The average molecular weight is 793 g/mol.